The molecule has 0 saturated carbocycles. The second-order valence-corrected chi connectivity index (χ2v) is 4.81. The standard InChI is InChI=1S/C10H14N2O2S/c1-2-3-8-12-15(13,14)10-6-4-9(11)5-7-10/h2,4-7,12H,1,3,8,11H2. The van der Waals surface area contributed by atoms with Gasteiger partial charge in [0.1, 0.15) is 0 Å². The molecule has 4 nitrogen and oxygen atoms in total. The van der Waals surface area contributed by atoms with E-state index in [9.17, 15) is 8.42 Å². The van der Waals surface area contributed by atoms with Crippen LogP contribution in [0.2, 0.25) is 0 Å². The highest BCUT2D eigenvalue weighted by Gasteiger charge is 2.11. The van der Waals surface area contributed by atoms with E-state index in [0.717, 1.165) is 0 Å². The first-order valence-corrected chi connectivity index (χ1v) is 6.00. The molecular weight excluding hydrogens is 212 g/mol. The van der Waals surface area contributed by atoms with Crippen molar-refractivity contribution in [2.75, 3.05) is 12.3 Å². The van der Waals surface area contributed by atoms with E-state index in [0.29, 0.717) is 18.7 Å². The number of hydrogen-bond donors (Lipinski definition) is 2. The Morgan fingerprint density at radius 1 is 1.33 bits per heavy atom. The Hall–Kier alpha value is -1.33. The lowest BCUT2D eigenvalue weighted by Crippen LogP contribution is -2.24. The normalized spacial score (nSPS) is 11.2. The van der Waals surface area contributed by atoms with Gasteiger partial charge >= 0.3 is 0 Å². The van der Waals surface area contributed by atoms with Crippen LogP contribution in [0.3, 0.4) is 0 Å². The van der Waals surface area contributed by atoms with Crippen LogP contribution in [0.1, 0.15) is 6.42 Å². The largest absolute Gasteiger partial charge is 0.399 e. The van der Waals surface area contributed by atoms with Crippen molar-refractivity contribution in [1.82, 2.24) is 4.72 Å². The summed E-state index contributed by atoms with van der Waals surface area (Å²) in [6, 6.07) is 6.07. The first-order valence-electron chi connectivity index (χ1n) is 4.52. The van der Waals surface area contributed by atoms with Crippen molar-refractivity contribution in [2.24, 2.45) is 0 Å². The first kappa shape index (κ1) is 11.7. The van der Waals surface area contributed by atoms with Crippen LogP contribution >= 0.6 is 0 Å². The fourth-order valence-electron chi connectivity index (χ4n) is 1.03. The monoisotopic (exact) mass is 226 g/mol. The van der Waals surface area contributed by atoms with Crippen LogP contribution in [0.25, 0.3) is 0 Å². The van der Waals surface area contributed by atoms with Crippen molar-refractivity contribution < 1.29 is 8.42 Å². The Labute approximate surface area is 89.9 Å². The van der Waals surface area contributed by atoms with Gasteiger partial charge in [0.25, 0.3) is 0 Å². The molecule has 0 saturated heterocycles. The number of sulfonamides is 1. The van der Waals surface area contributed by atoms with Gasteiger partial charge in [0.05, 0.1) is 4.90 Å². The third-order valence-corrected chi connectivity index (χ3v) is 3.31. The summed E-state index contributed by atoms with van der Waals surface area (Å²) < 4.78 is 25.7. The van der Waals surface area contributed by atoms with Gasteiger partial charge in [-0.25, -0.2) is 13.1 Å². The zero-order valence-corrected chi connectivity index (χ0v) is 9.13. The summed E-state index contributed by atoms with van der Waals surface area (Å²) in [6.07, 6.45) is 2.26. The average Bonchev–Trinajstić information content (AvgIpc) is 2.18. The highest BCUT2D eigenvalue weighted by Crippen LogP contribution is 2.10. The van der Waals surface area contributed by atoms with Crippen LogP contribution in [-0.4, -0.2) is 15.0 Å². The zero-order valence-electron chi connectivity index (χ0n) is 8.31. The molecule has 5 heteroatoms. The van der Waals surface area contributed by atoms with E-state index in [1.54, 1.807) is 18.2 Å². The fraction of sp³-hybridized carbons (Fsp3) is 0.200. The number of benzene rings is 1. The third kappa shape index (κ3) is 3.38. The number of nitrogens with one attached hydrogen (secondary N) is 1. The van der Waals surface area contributed by atoms with Gasteiger partial charge < -0.3 is 5.73 Å². The van der Waals surface area contributed by atoms with Gasteiger partial charge in [-0.05, 0) is 30.7 Å². The van der Waals surface area contributed by atoms with Crippen LogP contribution in [0.4, 0.5) is 5.69 Å². The van der Waals surface area contributed by atoms with E-state index in [2.05, 4.69) is 11.3 Å². The van der Waals surface area contributed by atoms with Gasteiger partial charge in [-0.1, -0.05) is 6.08 Å². The Morgan fingerprint density at radius 2 is 1.93 bits per heavy atom. The second-order valence-electron chi connectivity index (χ2n) is 3.04. The van der Waals surface area contributed by atoms with Gasteiger partial charge in [0, 0.05) is 12.2 Å². The Morgan fingerprint density at radius 3 is 2.47 bits per heavy atom. The van der Waals surface area contributed by atoms with Crippen molar-refractivity contribution >= 4 is 15.7 Å². The predicted octanol–water partition coefficient (Wildman–Crippen LogP) is 1.12. The lowest BCUT2D eigenvalue weighted by atomic mass is 10.3. The minimum absolute atomic E-state index is 0.223. The molecule has 0 aliphatic heterocycles. The third-order valence-electron chi connectivity index (χ3n) is 1.83. The fourth-order valence-corrected chi connectivity index (χ4v) is 2.07. The van der Waals surface area contributed by atoms with E-state index in [1.807, 2.05) is 0 Å². The summed E-state index contributed by atoms with van der Waals surface area (Å²) in [6.45, 7) is 3.87. The molecule has 0 aliphatic rings. The molecule has 0 aliphatic carbocycles. The second kappa shape index (κ2) is 4.95. The van der Waals surface area contributed by atoms with Gasteiger partial charge in [-0.15, -0.1) is 6.58 Å². The summed E-state index contributed by atoms with van der Waals surface area (Å²) in [5.41, 5.74) is 6.00. The van der Waals surface area contributed by atoms with Gasteiger partial charge in [-0.3, -0.25) is 0 Å². The summed E-state index contributed by atoms with van der Waals surface area (Å²) in [5, 5.41) is 0. The SMILES string of the molecule is C=CCCNS(=O)(=O)c1ccc(N)cc1. The summed E-state index contributed by atoms with van der Waals surface area (Å²) in [7, 11) is -3.40. The molecule has 0 aromatic heterocycles. The van der Waals surface area contributed by atoms with Gasteiger partial charge in [0.15, 0.2) is 0 Å². The molecule has 3 N–H and O–H groups in total. The first-order chi connectivity index (χ1) is 7.06. The van der Waals surface area contributed by atoms with Gasteiger partial charge in [0.2, 0.25) is 10.0 Å². The molecule has 15 heavy (non-hydrogen) atoms. The van der Waals surface area contributed by atoms with E-state index in [4.69, 9.17) is 5.73 Å². The summed E-state index contributed by atoms with van der Waals surface area (Å²) in [4.78, 5) is 0.223. The molecule has 1 aromatic rings. The van der Waals surface area contributed by atoms with Crippen LogP contribution in [-0.2, 0) is 10.0 Å². The highest BCUT2D eigenvalue weighted by molar-refractivity contribution is 7.89. The average molecular weight is 226 g/mol. The van der Waals surface area contributed by atoms with Crippen LogP contribution in [0.15, 0.2) is 41.8 Å². The van der Waals surface area contributed by atoms with Gasteiger partial charge in [-0.2, -0.15) is 0 Å². The van der Waals surface area contributed by atoms with Crippen molar-refractivity contribution in [3.05, 3.63) is 36.9 Å². The molecule has 0 fully saturated rings. The molecule has 1 aromatic carbocycles. The molecule has 82 valence electrons. The maximum absolute atomic E-state index is 11.6. The van der Waals surface area contributed by atoms with Crippen LogP contribution < -0.4 is 10.5 Å². The van der Waals surface area contributed by atoms with Crippen molar-refractivity contribution in [2.45, 2.75) is 11.3 Å². The molecule has 0 unspecified atom stereocenters. The predicted molar refractivity (Wildman–Crippen MR) is 60.9 cm³/mol. The van der Waals surface area contributed by atoms with E-state index >= 15 is 0 Å². The van der Waals surface area contributed by atoms with Crippen molar-refractivity contribution in [1.29, 1.82) is 0 Å². The molecule has 1 rings (SSSR count). The van der Waals surface area contributed by atoms with Crippen molar-refractivity contribution in [3.63, 3.8) is 0 Å². The minimum Gasteiger partial charge on any atom is -0.399 e. The van der Waals surface area contributed by atoms with Crippen molar-refractivity contribution in [3.8, 4) is 0 Å². The number of nitrogen functional groups attached to an aromatic ring is 1. The van der Waals surface area contributed by atoms with E-state index in [-0.39, 0.29) is 4.90 Å². The Balaban J connectivity index is 2.77. The maximum atomic E-state index is 11.6. The molecule has 0 heterocycles. The van der Waals surface area contributed by atoms with Crippen LogP contribution in [0, 0.1) is 0 Å². The van der Waals surface area contributed by atoms with Crippen LogP contribution in [0.5, 0.6) is 0 Å². The highest BCUT2D eigenvalue weighted by atomic mass is 32.2. The smallest absolute Gasteiger partial charge is 0.240 e. The minimum atomic E-state index is -3.40. The molecule has 0 amide bonds. The Kier molecular flexibility index (Phi) is 3.88. The Bertz CT molecular complexity index is 423. The van der Waals surface area contributed by atoms with E-state index < -0.39 is 10.0 Å². The number of nitrogens with two attached hydrogens (primary N) is 1. The summed E-state index contributed by atoms with van der Waals surface area (Å²) >= 11 is 0. The molecule has 0 spiro atoms. The number of hydrogen-bond acceptors (Lipinski definition) is 3. The molecular formula is C10H14N2O2S. The lowest BCUT2D eigenvalue weighted by Gasteiger charge is -2.05. The van der Waals surface area contributed by atoms with E-state index in [1.165, 1.54) is 12.1 Å². The molecule has 0 radical (unpaired) electrons. The molecule has 0 bridgehead atoms. The number of rotatable bonds is 5. The lowest BCUT2D eigenvalue weighted by molar-refractivity contribution is 0.582. The number of anilines is 1. The molecule has 0 atom stereocenters. The zero-order chi connectivity index (χ0) is 11.3. The topological polar surface area (TPSA) is 72.2 Å². The summed E-state index contributed by atoms with van der Waals surface area (Å²) in [5.74, 6) is 0. The quantitative estimate of drug-likeness (QED) is 0.449. The maximum Gasteiger partial charge on any atom is 0.240 e.